The van der Waals surface area contributed by atoms with E-state index in [1.807, 2.05) is 30.3 Å². The molecular formula is C26H43NO3. The third-order valence-corrected chi connectivity index (χ3v) is 5.46. The second-order valence-corrected chi connectivity index (χ2v) is 8.27. The van der Waals surface area contributed by atoms with Crippen LogP contribution in [-0.4, -0.2) is 29.2 Å². The second-order valence-electron chi connectivity index (χ2n) is 8.27. The Labute approximate surface area is 184 Å². The molecule has 0 atom stereocenters. The van der Waals surface area contributed by atoms with Crippen molar-refractivity contribution in [3.63, 3.8) is 0 Å². The number of unbranched alkanes of at least 4 members (excludes halogenated alkanes) is 13. The number of aliphatic hydroxyl groups excluding tert-OH is 1. The first kappa shape index (κ1) is 26.4. The summed E-state index contributed by atoms with van der Waals surface area (Å²) in [6, 6.07) is 9.91. The van der Waals surface area contributed by atoms with Crippen molar-refractivity contribution in [2.45, 2.75) is 103 Å². The molecule has 4 heteroatoms. The van der Waals surface area contributed by atoms with Gasteiger partial charge in [-0.15, -0.1) is 0 Å². The van der Waals surface area contributed by atoms with Crippen LogP contribution in [0.5, 0.6) is 0 Å². The lowest BCUT2D eigenvalue weighted by molar-refractivity contribution is -0.167. The molecule has 0 unspecified atom stereocenters. The molecule has 1 N–H and O–H groups in total. The maximum absolute atomic E-state index is 10.6. The molecule has 170 valence electrons. The lowest BCUT2D eigenvalue weighted by atomic mass is 10.0. The lowest BCUT2D eigenvalue weighted by Gasteiger charge is -2.20. The number of carbonyl (C=O) groups excluding carboxylic acids is 1. The van der Waals surface area contributed by atoms with Crippen molar-refractivity contribution >= 4 is 5.94 Å². The minimum absolute atomic E-state index is 0.0920. The number of benzene rings is 1. The standard InChI is InChI=1S/C26H43NO3/c1-2-3-4-5-6-7-8-9-10-11-12-13-14-18-21-27(22-26(29)23-28)30-24-25-19-16-15-17-20-25/h15-17,19-20,29H,2-14,18,21-22,24H2,1H3. The SMILES string of the molecule is CCCCCCCCCCCCCCCCN(CC(O)=C=O)OCc1ccccc1. The van der Waals surface area contributed by atoms with Crippen LogP contribution in [-0.2, 0) is 16.2 Å². The molecule has 0 bridgehead atoms. The maximum atomic E-state index is 10.6. The zero-order valence-electron chi connectivity index (χ0n) is 19.1. The number of nitrogens with zero attached hydrogens (tertiary/aromatic N) is 1. The summed E-state index contributed by atoms with van der Waals surface area (Å²) in [5, 5.41) is 11.2. The van der Waals surface area contributed by atoms with E-state index in [2.05, 4.69) is 6.92 Å². The summed E-state index contributed by atoms with van der Waals surface area (Å²) in [5.41, 5.74) is 1.07. The van der Waals surface area contributed by atoms with Crippen molar-refractivity contribution in [3.05, 3.63) is 41.7 Å². The molecule has 0 heterocycles. The van der Waals surface area contributed by atoms with Gasteiger partial charge < -0.3 is 5.11 Å². The Bertz CT molecular complexity index is 555. The molecule has 1 rings (SSSR count). The monoisotopic (exact) mass is 417 g/mol. The van der Waals surface area contributed by atoms with Gasteiger partial charge in [-0.05, 0) is 12.0 Å². The Morgan fingerprint density at radius 3 is 1.83 bits per heavy atom. The van der Waals surface area contributed by atoms with Crippen molar-refractivity contribution in [3.8, 4) is 0 Å². The molecule has 0 spiro atoms. The number of hydrogen-bond acceptors (Lipinski definition) is 4. The maximum Gasteiger partial charge on any atom is 0.193 e. The van der Waals surface area contributed by atoms with Crippen LogP contribution >= 0.6 is 0 Å². The van der Waals surface area contributed by atoms with E-state index in [1.165, 1.54) is 77.0 Å². The van der Waals surface area contributed by atoms with Gasteiger partial charge in [-0.25, -0.2) is 4.79 Å². The Morgan fingerprint density at radius 2 is 1.33 bits per heavy atom. The van der Waals surface area contributed by atoms with Gasteiger partial charge in [0.25, 0.3) is 0 Å². The average Bonchev–Trinajstić information content (AvgIpc) is 2.78. The third kappa shape index (κ3) is 15.3. The first-order chi connectivity index (χ1) is 14.8. The molecule has 0 saturated heterocycles. The largest absolute Gasteiger partial charge is 0.501 e. The Hall–Kier alpha value is -1.61. The van der Waals surface area contributed by atoms with Crippen molar-refractivity contribution in [1.82, 2.24) is 5.06 Å². The second kappa shape index (κ2) is 19.4. The predicted octanol–water partition coefficient (Wildman–Crippen LogP) is 7.18. The van der Waals surface area contributed by atoms with Gasteiger partial charge in [-0.1, -0.05) is 121 Å². The van der Waals surface area contributed by atoms with Gasteiger partial charge in [-0.3, -0.25) is 4.84 Å². The lowest BCUT2D eigenvalue weighted by Crippen LogP contribution is -2.27. The van der Waals surface area contributed by atoms with Crippen LogP contribution in [0.1, 0.15) is 102 Å². The van der Waals surface area contributed by atoms with Crippen LogP contribution in [0.4, 0.5) is 0 Å². The van der Waals surface area contributed by atoms with Gasteiger partial charge >= 0.3 is 0 Å². The highest BCUT2D eigenvalue weighted by Crippen LogP contribution is 2.13. The van der Waals surface area contributed by atoms with Crippen LogP contribution in [0.3, 0.4) is 0 Å². The third-order valence-electron chi connectivity index (χ3n) is 5.46. The summed E-state index contributed by atoms with van der Waals surface area (Å²) in [6.45, 7) is 3.50. The number of rotatable bonds is 20. The molecule has 0 aliphatic heterocycles. The van der Waals surface area contributed by atoms with Gasteiger partial charge in [0, 0.05) is 6.54 Å². The molecule has 1 aromatic rings. The van der Waals surface area contributed by atoms with Crippen LogP contribution in [0.2, 0.25) is 0 Å². The van der Waals surface area contributed by atoms with Gasteiger partial charge in [-0.2, -0.15) is 5.06 Å². The van der Waals surface area contributed by atoms with E-state index >= 15 is 0 Å². The van der Waals surface area contributed by atoms with E-state index in [0.29, 0.717) is 13.2 Å². The molecular weight excluding hydrogens is 374 g/mol. The summed E-state index contributed by atoms with van der Waals surface area (Å²) in [7, 11) is 0. The normalized spacial score (nSPS) is 11.0. The van der Waals surface area contributed by atoms with Crippen LogP contribution in [0.15, 0.2) is 36.1 Å². The van der Waals surface area contributed by atoms with Crippen molar-refractivity contribution < 1.29 is 14.7 Å². The van der Waals surface area contributed by atoms with Gasteiger partial charge in [0.15, 0.2) is 11.7 Å². The van der Waals surface area contributed by atoms with E-state index in [4.69, 9.17) is 4.84 Å². The minimum atomic E-state index is -0.312. The summed E-state index contributed by atoms with van der Waals surface area (Å²) >= 11 is 0. The molecule has 0 aliphatic carbocycles. The molecule has 0 amide bonds. The molecule has 0 aromatic heterocycles. The summed E-state index contributed by atoms with van der Waals surface area (Å²) in [4.78, 5) is 16.4. The van der Waals surface area contributed by atoms with E-state index in [1.54, 1.807) is 11.0 Å². The minimum Gasteiger partial charge on any atom is -0.501 e. The highest BCUT2D eigenvalue weighted by molar-refractivity contribution is 5.49. The number of hydrogen-bond donors (Lipinski definition) is 1. The fourth-order valence-corrected chi connectivity index (χ4v) is 3.61. The predicted molar refractivity (Wildman–Crippen MR) is 125 cm³/mol. The Balaban J connectivity index is 2.03. The van der Waals surface area contributed by atoms with E-state index in [0.717, 1.165) is 18.4 Å². The van der Waals surface area contributed by atoms with E-state index in [9.17, 15) is 9.90 Å². The van der Waals surface area contributed by atoms with Crippen molar-refractivity contribution in [1.29, 1.82) is 0 Å². The first-order valence-electron chi connectivity index (χ1n) is 12.1. The summed E-state index contributed by atoms with van der Waals surface area (Å²) < 4.78 is 0. The van der Waals surface area contributed by atoms with Crippen LogP contribution in [0.25, 0.3) is 0 Å². The van der Waals surface area contributed by atoms with Gasteiger partial charge in [0.1, 0.15) is 0 Å². The van der Waals surface area contributed by atoms with Crippen molar-refractivity contribution in [2.75, 3.05) is 13.1 Å². The van der Waals surface area contributed by atoms with Crippen LogP contribution < -0.4 is 0 Å². The molecule has 1 aromatic carbocycles. The molecule has 4 nitrogen and oxygen atoms in total. The highest BCUT2D eigenvalue weighted by atomic mass is 16.7. The van der Waals surface area contributed by atoms with E-state index < -0.39 is 0 Å². The quantitative estimate of drug-likeness (QED) is 0.106. The molecule has 0 saturated carbocycles. The molecule has 0 fully saturated rings. The zero-order valence-corrected chi connectivity index (χ0v) is 19.1. The summed E-state index contributed by atoms with van der Waals surface area (Å²) in [6.07, 6.45) is 18.5. The first-order valence-corrected chi connectivity index (χ1v) is 12.1. The topological polar surface area (TPSA) is 49.8 Å². The summed E-state index contributed by atoms with van der Waals surface area (Å²) in [5.74, 6) is 1.23. The number of hydroxylamine groups is 2. The highest BCUT2D eigenvalue weighted by Gasteiger charge is 2.09. The van der Waals surface area contributed by atoms with Crippen molar-refractivity contribution in [2.24, 2.45) is 0 Å². The van der Waals surface area contributed by atoms with E-state index in [-0.39, 0.29) is 12.3 Å². The van der Waals surface area contributed by atoms with Gasteiger partial charge in [0.2, 0.25) is 0 Å². The smallest absolute Gasteiger partial charge is 0.193 e. The van der Waals surface area contributed by atoms with Gasteiger partial charge in [0.05, 0.1) is 13.2 Å². The van der Waals surface area contributed by atoms with Crippen LogP contribution in [0, 0.1) is 0 Å². The molecule has 0 radical (unpaired) electrons. The fourth-order valence-electron chi connectivity index (χ4n) is 3.61. The fraction of sp³-hybridized carbons (Fsp3) is 0.692. The molecule has 30 heavy (non-hydrogen) atoms. The Morgan fingerprint density at radius 1 is 0.833 bits per heavy atom. The Kier molecular flexibility index (Phi) is 17.1. The average molecular weight is 418 g/mol. The number of aliphatic hydroxyl groups is 1. The molecule has 0 aliphatic rings. The zero-order chi connectivity index (χ0) is 21.7.